The largest absolute Gasteiger partial charge is 0.472 e. The van der Waals surface area contributed by atoms with Gasteiger partial charge in [0, 0.05) is 12.8 Å². The van der Waals surface area contributed by atoms with Gasteiger partial charge in [0.2, 0.25) is 0 Å². The van der Waals surface area contributed by atoms with E-state index in [9.17, 15) is 29.3 Å². The summed E-state index contributed by atoms with van der Waals surface area (Å²) in [4.78, 5) is 34.6. The second kappa shape index (κ2) is 45.0. The molecule has 0 radical (unpaired) electrons. The van der Waals surface area contributed by atoms with Crippen LogP contribution in [0.5, 0.6) is 0 Å². The van der Waals surface area contributed by atoms with E-state index in [2.05, 4.69) is 62.5 Å². The number of esters is 2. The van der Waals surface area contributed by atoms with Crippen molar-refractivity contribution in [2.75, 3.05) is 26.4 Å². The van der Waals surface area contributed by atoms with E-state index in [1.54, 1.807) is 0 Å². The molecule has 0 aliphatic carbocycles. The standard InChI is InChI=1S/C49H89O10P/c1-3-5-7-9-11-13-15-17-19-21-22-23-24-25-27-29-31-33-35-37-39-41-49(53)59-47(43-51)45-57-60(54,55)56-44-46(42-50)58-48(52)40-38-36-34-32-30-28-26-20-18-16-14-12-10-8-6-4-2/h5,7,11,13,17,19,22-23,46-47,50-51H,3-4,6,8-10,12,14-16,18,20-21,24-45H2,1-2H3,(H,54,55)/b7-5-,13-11-,19-17-,23-22-. The molecule has 0 amide bonds. The van der Waals surface area contributed by atoms with Crippen LogP contribution < -0.4 is 0 Å². The average molecular weight is 869 g/mol. The van der Waals surface area contributed by atoms with E-state index in [4.69, 9.17) is 18.5 Å². The fourth-order valence-corrected chi connectivity index (χ4v) is 7.42. The first-order valence-corrected chi connectivity index (χ1v) is 25.6. The van der Waals surface area contributed by atoms with Crippen LogP contribution in [0.3, 0.4) is 0 Å². The maximum absolute atomic E-state index is 12.4. The van der Waals surface area contributed by atoms with Gasteiger partial charge in [-0.25, -0.2) is 4.57 Å². The van der Waals surface area contributed by atoms with Crippen LogP contribution >= 0.6 is 7.82 Å². The second-order valence-electron chi connectivity index (χ2n) is 16.1. The van der Waals surface area contributed by atoms with E-state index >= 15 is 0 Å². The molecular weight excluding hydrogens is 780 g/mol. The minimum Gasteiger partial charge on any atom is -0.457 e. The number of unbranched alkanes of at least 4 members (excludes halogenated alkanes) is 23. The zero-order valence-electron chi connectivity index (χ0n) is 38.2. The molecule has 3 N–H and O–H groups in total. The van der Waals surface area contributed by atoms with Crippen molar-refractivity contribution < 1.29 is 47.8 Å². The fourth-order valence-electron chi connectivity index (χ4n) is 6.64. The summed E-state index contributed by atoms with van der Waals surface area (Å²) in [6, 6.07) is 0. The van der Waals surface area contributed by atoms with Gasteiger partial charge in [-0.2, -0.15) is 0 Å². The lowest BCUT2D eigenvalue weighted by Crippen LogP contribution is -2.28. The molecule has 60 heavy (non-hydrogen) atoms. The number of rotatable bonds is 45. The number of phosphoric acid groups is 1. The molecule has 3 unspecified atom stereocenters. The van der Waals surface area contributed by atoms with Crippen molar-refractivity contribution in [2.45, 2.75) is 225 Å². The van der Waals surface area contributed by atoms with Crippen molar-refractivity contribution in [3.63, 3.8) is 0 Å². The molecule has 0 rings (SSSR count). The summed E-state index contributed by atoms with van der Waals surface area (Å²) in [5.74, 6) is -1.02. The van der Waals surface area contributed by atoms with Gasteiger partial charge in [-0.05, 0) is 51.4 Å². The number of ether oxygens (including phenoxy) is 2. The van der Waals surface area contributed by atoms with Crippen LogP contribution in [-0.4, -0.2) is 65.7 Å². The summed E-state index contributed by atoms with van der Waals surface area (Å²) >= 11 is 0. The highest BCUT2D eigenvalue weighted by atomic mass is 31.2. The van der Waals surface area contributed by atoms with Gasteiger partial charge in [0.05, 0.1) is 26.4 Å². The Morgan fingerprint density at radius 2 is 0.783 bits per heavy atom. The smallest absolute Gasteiger partial charge is 0.457 e. The fraction of sp³-hybridized carbons (Fsp3) is 0.796. The van der Waals surface area contributed by atoms with Gasteiger partial charge in [0.25, 0.3) is 0 Å². The van der Waals surface area contributed by atoms with Crippen molar-refractivity contribution >= 4 is 19.8 Å². The summed E-state index contributed by atoms with van der Waals surface area (Å²) < 4.78 is 32.7. The van der Waals surface area contributed by atoms with Gasteiger partial charge < -0.3 is 24.6 Å². The van der Waals surface area contributed by atoms with Crippen LogP contribution in [0.4, 0.5) is 0 Å². The van der Waals surface area contributed by atoms with Gasteiger partial charge in [-0.1, -0.05) is 197 Å². The third-order valence-corrected chi connectivity index (χ3v) is 11.3. The van der Waals surface area contributed by atoms with Crippen LogP contribution in [0, 0.1) is 0 Å². The third kappa shape index (κ3) is 42.6. The summed E-state index contributed by atoms with van der Waals surface area (Å²) in [6.07, 6.45) is 49.3. The first-order valence-electron chi connectivity index (χ1n) is 24.1. The quantitative estimate of drug-likeness (QED) is 0.0234. The highest BCUT2D eigenvalue weighted by Crippen LogP contribution is 2.43. The summed E-state index contributed by atoms with van der Waals surface area (Å²) in [7, 11) is -4.64. The molecular formula is C49H89O10P. The molecule has 0 saturated carbocycles. The summed E-state index contributed by atoms with van der Waals surface area (Å²) in [5, 5.41) is 19.2. The first kappa shape index (κ1) is 57.9. The second-order valence-corrected chi connectivity index (χ2v) is 17.5. The Morgan fingerprint density at radius 3 is 1.13 bits per heavy atom. The number of aliphatic hydroxyl groups excluding tert-OH is 2. The number of aliphatic hydroxyl groups is 2. The Bertz CT molecular complexity index is 1140. The normalized spacial score (nSPS) is 14.2. The lowest BCUT2D eigenvalue weighted by atomic mass is 10.0. The molecule has 0 aromatic heterocycles. The Balaban J connectivity index is 3.87. The Labute approximate surface area is 366 Å². The van der Waals surface area contributed by atoms with Crippen LogP contribution in [0.25, 0.3) is 0 Å². The van der Waals surface area contributed by atoms with Crippen LogP contribution in [0.2, 0.25) is 0 Å². The number of hydrogen-bond acceptors (Lipinski definition) is 9. The molecule has 0 heterocycles. The van der Waals surface area contributed by atoms with Crippen LogP contribution in [-0.2, 0) is 32.7 Å². The minimum absolute atomic E-state index is 0.182. The van der Waals surface area contributed by atoms with Crippen molar-refractivity contribution in [2.24, 2.45) is 0 Å². The zero-order valence-corrected chi connectivity index (χ0v) is 39.1. The average Bonchev–Trinajstić information content (AvgIpc) is 3.24. The van der Waals surface area contributed by atoms with Gasteiger partial charge in [-0.3, -0.25) is 18.6 Å². The monoisotopic (exact) mass is 869 g/mol. The lowest BCUT2D eigenvalue weighted by Gasteiger charge is -2.20. The number of carbonyl (C=O) groups is 2. The van der Waals surface area contributed by atoms with E-state index in [1.807, 2.05) is 0 Å². The minimum atomic E-state index is -4.64. The SMILES string of the molecule is CC/C=C\C/C=C\C/C=C\C/C=C\CCCCCCCCCCC(=O)OC(CO)COP(=O)(O)OCC(CO)OC(=O)CCCCCCCCCCCCCCCCCC. The van der Waals surface area contributed by atoms with Crippen molar-refractivity contribution in [1.29, 1.82) is 0 Å². The lowest BCUT2D eigenvalue weighted by molar-refractivity contribution is -0.153. The molecule has 0 spiro atoms. The predicted octanol–water partition coefficient (Wildman–Crippen LogP) is 13.3. The van der Waals surface area contributed by atoms with Crippen molar-refractivity contribution in [3.8, 4) is 0 Å². The molecule has 0 bridgehead atoms. The van der Waals surface area contributed by atoms with Crippen molar-refractivity contribution in [1.82, 2.24) is 0 Å². The van der Waals surface area contributed by atoms with Gasteiger partial charge in [0.15, 0.2) is 0 Å². The topological polar surface area (TPSA) is 149 Å². The molecule has 0 aromatic carbocycles. The van der Waals surface area contributed by atoms with Gasteiger partial charge in [0.1, 0.15) is 12.2 Å². The Kier molecular flexibility index (Phi) is 43.4. The summed E-state index contributed by atoms with van der Waals surface area (Å²) in [6.45, 7) is 2.11. The molecule has 3 atom stereocenters. The predicted molar refractivity (Wildman–Crippen MR) is 247 cm³/mol. The Hall–Kier alpha value is -2.07. The third-order valence-electron chi connectivity index (χ3n) is 10.3. The van der Waals surface area contributed by atoms with Gasteiger partial charge in [-0.15, -0.1) is 0 Å². The highest BCUT2D eigenvalue weighted by molar-refractivity contribution is 7.47. The van der Waals surface area contributed by atoms with E-state index in [0.717, 1.165) is 70.6 Å². The number of carbonyl (C=O) groups excluding carboxylic acids is 2. The number of phosphoric ester groups is 1. The van der Waals surface area contributed by atoms with E-state index in [0.29, 0.717) is 12.8 Å². The van der Waals surface area contributed by atoms with E-state index < -0.39 is 58.4 Å². The maximum Gasteiger partial charge on any atom is 0.472 e. The van der Waals surface area contributed by atoms with Gasteiger partial charge >= 0.3 is 19.8 Å². The van der Waals surface area contributed by atoms with E-state index in [-0.39, 0.29) is 12.8 Å². The molecule has 350 valence electrons. The van der Waals surface area contributed by atoms with Crippen LogP contribution in [0.1, 0.15) is 213 Å². The highest BCUT2D eigenvalue weighted by Gasteiger charge is 2.27. The molecule has 11 heteroatoms. The van der Waals surface area contributed by atoms with Crippen LogP contribution in [0.15, 0.2) is 48.6 Å². The molecule has 0 aliphatic rings. The summed E-state index contributed by atoms with van der Waals surface area (Å²) in [5.41, 5.74) is 0. The van der Waals surface area contributed by atoms with Crippen molar-refractivity contribution in [3.05, 3.63) is 48.6 Å². The number of allylic oxidation sites excluding steroid dienone is 8. The molecule has 0 saturated heterocycles. The molecule has 0 aromatic rings. The van der Waals surface area contributed by atoms with E-state index in [1.165, 1.54) is 103 Å². The number of hydrogen-bond donors (Lipinski definition) is 3. The molecule has 0 aliphatic heterocycles. The maximum atomic E-state index is 12.4. The zero-order chi connectivity index (χ0) is 44.0. The Morgan fingerprint density at radius 1 is 0.467 bits per heavy atom. The molecule has 10 nitrogen and oxygen atoms in total. The first-order chi connectivity index (χ1) is 29.3. The molecule has 0 fully saturated rings.